The molecule has 0 saturated carbocycles. The number of sulfonamides is 1. The van der Waals surface area contributed by atoms with Gasteiger partial charge >= 0.3 is 0 Å². The van der Waals surface area contributed by atoms with Crippen molar-refractivity contribution in [2.75, 3.05) is 5.75 Å². The minimum Gasteiger partial charge on any atom is -0.212 e. The first-order valence-electron chi connectivity index (χ1n) is 6.35. The van der Waals surface area contributed by atoms with E-state index in [1.807, 2.05) is 27.7 Å². The highest BCUT2D eigenvalue weighted by Crippen LogP contribution is 2.27. The van der Waals surface area contributed by atoms with Gasteiger partial charge in [0.05, 0.1) is 5.75 Å². The zero-order chi connectivity index (χ0) is 13.9. The summed E-state index contributed by atoms with van der Waals surface area (Å²) in [5.74, 6) is 0.635. The lowest BCUT2D eigenvalue weighted by atomic mass is 9.82. The van der Waals surface area contributed by atoms with Gasteiger partial charge in [-0.25, -0.2) is 13.1 Å². The molecular weight excluding hydrogens is 234 g/mol. The summed E-state index contributed by atoms with van der Waals surface area (Å²) in [6, 6.07) is 0. The van der Waals surface area contributed by atoms with Gasteiger partial charge in [-0.2, -0.15) is 0 Å². The summed E-state index contributed by atoms with van der Waals surface area (Å²) in [6.07, 6.45) is 1.53. The van der Waals surface area contributed by atoms with Gasteiger partial charge in [0.1, 0.15) is 0 Å². The highest BCUT2D eigenvalue weighted by molar-refractivity contribution is 7.89. The average Bonchev–Trinajstić information content (AvgIpc) is 1.93. The van der Waals surface area contributed by atoms with Crippen LogP contribution in [0.3, 0.4) is 0 Å². The normalized spacial score (nSPS) is 14.4. The van der Waals surface area contributed by atoms with Crippen molar-refractivity contribution < 1.29 is 8.42 Å². The Balaban J connectivity index is 4.49. The third-order valence-corrected chi connectivity index (χ3v) is 4.00. The maximum Gasteiger partial charge on any atom is 0.212 e. The number of hydrogen-bond donors (Lipinski definition) is 1. The minimum atomic E-state index is -3.16. The minimum absolute atomic E-state index is 0.115. The lowest BCUT2D eigenvalue weighted by Crippen LogP contribution is -2.46. The van der Waals surface area contributed by atoms with Gasteiger partial charge < -0.3 is 0 Å². The largest absolute Gasteiger partial charge is 0.212 e. The zero-order valence-corrected chi connectivity index (χ0v) is 13.2. The maximum atomic E-state index is 11.9. The third kappa shape index (κ3) is 9.60. The van der Waals surface area contributed by atoms with Crippen LogP contribution in [0.4, 0.5) is 0 Å². The molecule has 1 N–H and O–H groups in total. The molecule has 0 amide bonds. The Hall–Kier alpha value is -0.0900. The molecule has 0 aliphatic carbocycles. The van der Waals surface area contributed by atoms with Crippen LogP contribution in [0.2, 0.25) is 0 Å². The Morgan fingerprint density at radius 3 is 1.88 bits per heavy atom. The zero-order valence-electron chi connectivity index (χ0n) is 12.4. The number of rotatable bonds is 6. The molecule has 0 aliphatic heterocycles. The van der Waals surface area contributed by atoms with E-state index in [-0.39, 0.29) is 16.7 Å². The summed E-state index contributed by atoms with van der Waals surface area (Å²) in [4.78, 5) is 0. The fourth-order valence-corrected chi connectivity index (χ4v) is 4.02. The Labute approximate surface area is 107 Å². The molecule has 0 bridgehead atoms. The Bertz CT molecular complexity index is 324. The van der Waals surface area contributed by atoms with Crippen molar-refractivity contribution in [3.63, 3.8) is 0 Å². The molecule has 0 atom stereocenters. The van der Waals surface area contributed by atoms with E-state index >= 15 is 0 Å². The van der Waals surface area contributed by atoms with E-state index in [0.29, 0.717) is 12.3 Å². The summed E-state index contributed by atoms with van der Waals surface area (Å²) in [5.41, 5.74) is -0.266. The molecule has 0 aromatic rings. The molecule has 0 unspecified atom stereocenters. The van der Waals surface area contributed by atoms with Crippen LogP contribution in [-0.4, -0.2) is 19.7 Å². The van der Waals surface area contributed by atoms with Crippen molar-refractivity contribution in [2.24, 2.45) is 11.3 Å². The summed E-state index contributed by atoms with van der Waals surface area (Å²) in [6.45, 7) is 14.3. The summed E-state index contributed by atoms with van der Waals surface area (Å²) in [7, 11) is -3.16. The van der Waals surface area contributed by atoms with Crippen molar-refractivity contribution in [3.05, 3.63) is 0 Å². The van der Waals surface area contributed by atoms with Crippen molar-refractivity contribution in [3.8, 4) is 0 Å². The van der Waals surface area contributed by atoms with Crippen LogP contribution in [0, 0.1) is 11.3 Å². The fourth-order valence-electron chi connectivity index (χ4n) is 2.22. The molecule has 0 radical (unpaired) electrons. The quantitative estimate of drug-likeness (QED) is 0.800. The van der Waals surface area contributed by atoms with Crippen LogP contribution in [0.25, 0.3) is 0 Å². The molecule has 4 heteroatoms. The van der Waals surface area contributed by atoms with Gasteiger partial charge in [0.2, 0.25) is 10.0 Å². The molecule has 0 heterocycles. The van der Waals surface area contributed by atoms with E-state index < -0.39 is 10.0 Å². The first-order valence-corrected chi connectivity index (χ1v) is 8.00. The third-order valence-electron chi connectivity index (χ3n) is 2.37. The van der Waals surface area contributed by atoms with E-state index in [0.717, 1.165) is 6.42 Å². The molecule has 0 rings (SSSR count). The van der Waals surface area contributed by atoms with Gasteiger partial charge in [0.25, 0.3) is 0 Å². The van der Waals surface area contributed by atoms with E-state index in [1.165, 1.54) is 0 Å². The van der Waals surface area contributed by atoms with Crippen LogP contribution in [0.1, 0.15) is 61.3 Å². The maximum absolute atomic E-state index is 11.9. The molecule has 17 heavy (non-hydrogen) atoms. The Morgan fingerprint density at radius 2 is 1.53 bits per heavy atom. The second kappa shape index (κ2) is 5.70. The molecule has 0 aliphatic rings. The highest BCUT2D eigenvalue weighted by atomic mass is 32.2. The fraction of sp³-hybridized carbons (Fsp3) is 1.00. The van der Waals surface area contributed by atoms with E-state index in [2.05, 4.69) is 25.5 Å². The predicted octanol–water partition coefficient (Wildman–Crippen LogP) is 3.17. The standard InChI is InChI=1S/C13H29NO2S/c1-11(2)8-9-17(15,16)14-13(6,7)10-12(3,4)5/h11,14H,8-10H2,1-7H3. The average molecular weight is 263 g/mol. The summed E-state index contributed by atoms with van der Waals surface area (Å²) >= 11 is 0. The lowest BCUT2D eigenvalue weighted by molar-refractivity contribution is 0.269. The van der Waals surface area contributed by atoms with Crippen LogP contribution < -0.4 is 4.72 Å². The van der Waals surface area contributed by atoms with Crippen molar-refractivity contribution >= 4 is 10.0 Å². The molecular formula is C13H29NO2S. The monoisotopic (exact) mass is 263 g/mol. The molecule has 0 aromatic heterocycles. The Kier molecular flexibility index (Phi) is 5.67. The SMILES string of the molecule is CC(C)CCS(=O)(=O)NC(C)(C)CC(C)(C)C. The topological polar surface area (TPSA) is 46.2 Å². The summed E-state index contributed by atoms with van der Waals surface area (Å²) in [5, 5.41) is 0. The van der Waals surface area contributed by atoms with Gasteiger partial charge in [-0.3, -0.25) is 0 Å². The first-order chi connectivity index (χ1) is 7.33. The van der Waals surface area contributed by atoms with Crippen LogP contribution in [0.15, 0.2) is 0 Å². The highest BCUT2D eigenvalue weighted by Gasteiger charge is 2.29. The van der Waals surface area contributed by atoms with Crippen LogP contribution >= 0.6 is 0 Å². The van der Waals surface area contributed by atoms with Gasteiger partial charge in [-0.1, -0.05) is 34.6 Å². The van der Waals surface area contributed by atoms with Gasteiger partial charge in [0.15, 0.2) is 0 Å². The second-order valence-corrected chi connectivity index (χ2v) is 9.07. The lowest BCUT2D eigenvalue weighted by Gasteiger charge is -2.33. The molecule has 0 spiro atoms. The van der Waals surface area contributed by atoms with E-state index in [9.17, 15) is 8.42 Å². The van der Waals surface area contributed by atoms with Gasteiger partial charge in [0, 0.05) is 5.54 Å². The molecule has 3 nitrogen and oxygen atoms in total. The van der Waals surface area contributed by atoms with Crippen molar-refractivity contribution in [2.45, 2.75) is 66.8 Å². The van der Waals surface area contributed by atoms with E-state index in [1.54, 1.807) is 0 Å². The van der Waals surface area contributed by atoms with E-state index in [4.69, 9.17) is 0 Å². The first kappa shape index (κ1) is 16.9. The van der Waals surface area contributed by atoms with Gasteiger partial charge in [-0.15, -0.1) is 0 Å². The molecule has 0 aromatic carbocycles. The molecule has 104 valence electrons. The molecule has 0 saturated heterocycles. The van der Waals surface area contributed by atoms with Crippen LogP contribution in [-0.2, 0) is 10.0 Å². The van der Waals surface area contributed by atoms with Crippen LogP contribution in [0.5, 0.6) is 0 Å². The second-order valence-electron chi connectivity index (χ2n) is 7.22. The number of hydrogen-bond acceptors (Lipinski definition) is 2. The predicted molar refractivity (Wildman–Crippen MR) is 74.5 cm³/mol. The summed E-state index contributed by atoms with van der Waals surface area (Å²) < 4.78 is 26.7. The molecule has 0 fully saturated rings. The van der Waals surface area contributed by atoms with Crippen molar-refractivity contribution in [1.82, 2.24) is 4.72 Å². The van der Waals surface area contributed by atoms with Crippen molar-refractivity contribution in [1.29, 1.82) is 0 Å². The smallest absolute Gasteiger partial charge is 0.212 e. The number of nitrogens with one attached hydrogen (secondary N) is 1. The van der Waals surface area contributed by atoms with Gasteiger partial charge in [-0.05, 0) is 38.0 Å². The Morgan fingerprint density at radius 1 is 1.06 bits per heavy atom.